The largest absolute Gasteiger partial charge is 0.465 e. The maximum Gasteiger partial charge on any atom is 0.314 e. The van der Waals surface area contributed by atoms with Crippen molar-refractivity contribution in [2.24, 2.45) is 0 Å². The highest BCUT2D eigenvalue weighted by atomic mass is 16.5. The van der Waals surface area contributed by atoms with Crippen LogP contribution in [0, 0.1) is 0 Å². The van der Waals surface area contributed by atoms with Gasteiger partial charge in [0.05, 0.1) is 12.3 Å². The molecule has 6 heteroatoms. The van der Waals surface area contributed by atoms with E-state index < -0.39 is 35.0 Å². The number of nitrogens with zero attached hydrogens (tertiary/aromatic N) is 1. The summed E-state index contributed by atoms with van der Waals surface area (Å²) in [6.07, 6.45) is 0.484. The van der Waals surface area contributed by atoms with Gasteiger partial charge in [-0.25, -0.2) is 4.90 Å². The topological polar surface area (TPSA) is 79.5 Å². The number of carbonyl (C=O) groups excluding carboxylic acids is 3. The molecular weight excluding hydrogens is 512 g/mol. The van der Waals surface area contributed by atoms with Crippen LogP contribution in [0.4, 0.5) is 5.69 Å². The first-order valence-corrected chi connectivity index (χ1v) is 13.9. The van der Waals surface area contributed by atoms with Crippen LogP contribution in [0.15, 0.2) is 109 Å². The predicted molar refractivity (Wildman–Crippen MR) is 157 cm³/mol. The monoisotopic (exact) mass is 540 g/mol. The van der Waals surface area contributed by atoms with E-state index in [9.17, 15) is 9.59 Å². The first kappa shape index (κ1) is 25.0. The summed E-state index contributed by atoms with van der Waals surface area (Å²) < 4.78 is 5.76. The number of hydrogen-bond donors (Lipinski definition) is 1. The summed E-state index contributed by atoms with van der Waals surface area (Å²) in [7, 11) is 0. The molecule has 6 nitrogen and oxygen atoms in total. The molecule has 41 heavy (non-hydrogen) atoms. The van der Waals surface area contributed by atoms with Gasteiger partial charge in [0.2, 0.25) is 5.91 Å². The molecule has 1 aliphatic heterocycles. The minimum atomic E-state index is -1.41. The molecule has 0 fully saturated rings. The van der Waals surface area contributed by atoms with Crippen molar-refractivity contribution in [3.63, 3.8) is 0 Å². The van der Waals surface area contributed by atoms with Crippen molar-refractivity contribution in [1.29, 1.82) is 0 Å². The zero-order valence-corrected chi connectivity index (χ0v) is 22.5. The van der Waals surface area contributed by atoms with Crippen LogP contribution in [0.25, 0.3) is 10.9 Å². The highest BCUT2D eigenvalue weighted by Gasteiger charge is 2.66. The number of ether oxygens (including phenoxy) is 1. The van der Waals surface area contributed by atoms with Gasteiger partial charge in [0.1, 0.15) is 11.3 Å². The molecule has 7 rings (SSSR count). The van der Waals surface area contributed by atoms with Crippen molar-refractivity contribution in [3.05, 3.63) is 137 Å². The number of benzene rings is 4. The summed E-state index contributed by atoms with van der Waals surface area (Å²) >= 11 is 0. The third kappa shape index (κ3) is 3.53. The van der Waals surface area contributed by atoms with E-state index in [4.69, 9.17) is 4.74 Å². The van der Waals surface area contributed by atoms with Crippen molar-refractivity contribution in [2.45, 2.75) is 30.6 Å². The van der Waals surface area contributed by atoms with E-state index in [0.29, 0.717) is 23.2 Å². The number of nitrogens with one attached hydrogen (secondary N) is 1. The Kier molecular flexibility index (Phi) is 5.86. The summed E-state index contributed by atoms with van der Waals surface area (Å²) in [5.41, 5.74) is 3.65. The van der Waals surface area contributed by atoms with E-state index in [1.165, 1.54) is 4.90 Å². The average molecular weight is 541 g/mol. The Bertz CT molecular complexity index is 1810. The maximum atomic E-state index is 15.2. The van der Waals surface area contributed by atoms with Crippen molar-refractivity contribution >= 4 is 34.4 Å². The predicted octanol–water partition coefficient (Wildman–Crippen LogP) is 6.28. The molecular formula is C35H28N2O4. The smallest absolute Gasteiger partial charge is 0.314 e. The molecule has 1 N–H and O–H groups in total. The van der Waals surface area contributed by atoms with E-state index in [2.05, 4.69) is 4.98 Å². The van der Waals surface area contributed by atoms with E-state index in [1.54, 1.807) is 37.3 Å². The van der Waals surface area contributed by atoms with Gasteiger partial charge < -0.3 is 9.72 Å². The zero-order chi connectivity index (χ0) is 28.1. The van der Waals surface area contributed by atoms with Gasteiger partial charge in [-0.3, -0.25) is 14.4 Å². The van der Waals surface area contributed by atoms with Crippen LogP contribution in [0.5, 0.6) is 0 Å². The quantitative estimate of drug-likeness (QED) is 0.215. The molecule has 202 valence electrons. The molecule has 1 spiro atoms. The van der Waals surface area contributed by atoms with Crippen molar-refractivity contribution < 1.29 is 19.1 Å². The number of aromatic amines is 1. The molecule has 1 aromatic heterocycles. The molecule has 0 bridgehead atoms. The van der Waals surface area contributed by atoms with Crippen LogP contribution in [-0.4, -0.2) is 29.4 Å². The van der Waals surface area contributed by atoms with Crippen LogP contribution in [0.3, 0.4) is 0 Å². The normalized spacial score (nSPS) is 21.1. The number of fused-ring (bicyclic) bond motifs is 5. The molecule has 0 saturated heterocycles. The van der Waals surface area contributed by atoms with Gasteiger partial charge >= 0.3 is 5.97 Å². The van der Waals surface area contributed by atoms with Gasteiger partial charge in [-0.15, -0.1) is 0 Å². The van der Waals surface area contributed by atoms with E-state index >= 15 is 4.79 Å². The summed E-state index contributed by atoms with van der Waals surface area (Å²) in [5, 5.41) is 0.879. The Morgan fingerprint density at radius 3 is 2.29 bits per heavy atom. The van der Waals surface area contributed by atoms with Gasteiger partial charge in [-0.05, 0) is 54.3 Å². The first-order valence-electron chi connectivity index (χ1n) is 13.9. The summed E-state index contributed by atoms with van der Waals surface area (Å²) in [4.78, 5) is 48.4. The minimum absolute atomic E-state index is 0.168. The molecule has 0 radical (unpaired) electrons. The molecule has 4 aromatic carbocycles. The number of aromatic nitrogens is 1. The Morgan fingerprint density at radius 1 is 0.878 bits per heavy atom. The minimum Gasteiger partial charge on any atom is -0.465 e. The molecule has 2 heterocycles. The Morgan fingerprint density at radius 2 is 1.54 bits per heavy atom. The van der Waals surface area contributed by atoms with E-state index in [1.807, 2.05) is 78.9 Å². The van der Waals surface area contributed by atoms with E-state index in [0.717, 1.165) is 27.7 Å². The van der Waals surface area contributed by atoms with Crippen LogP contribution in [-0.2, 0) is 26.2 Å². The zero-order valence-electron chi connectivity index (χ0n) is 22.5. The molecule has 2 amide bonds. The number of esters is 1. The lowest BCUT2D eigenvalue weighted by Gasteiger charge is -2.45. The number of hydrogen-bond acceptors (Lipinski definition) is 4. The average Bonchev–Trinajstić information content (AvgIpc) is 3.50. The SMILES string of the molecule is CCOC(=O)[C@@H]1c2c([nH]c3ccccc23)C[C@@H](c2ccccc2)[C@@]12C(=O)N(C(=O)c1ccccc1)c1ccccc12. The molecule has 3 atom stereocenters. The fraction of sp³-hybridized carbons (Fsp3) is 0.171. The van der Waals surface area contributed by atoms with Crippen molar-refractivity contribution in [3.8, 4) is 0 Å². The van der Waals surface area contributed by atoms with Crippen LogP contribution < -0.4 is 4.90 Å². The summed E-state index contributed by atoms with van der Waals surface area (Å²) in [5.74, 6) is -2.72. The van der Waals surface area contributed by atoms with Crippen molar-refractivity contribution in [2.75, 3.05) is 11.5 Å². The number of anilines is 1. The molecule has 5 aromatic rings. The Hall–Kier alpha value is -4.97. The number of rotatable bonds is 4. The first-order chi connectivity index (χ1) is 20.1. The van der Waals surface area contributed by atoms with Crippen molar-refractivity contribution in [1.82, 2.24) is 4.98 Å². The van der Waals surface area contributed by atoms with Gasteiger partial charge in [0, 0.05) is 28.1 Å². The third-order valence-corrected chi connectivity index (χ3v) is 8.63. The molecule has 0 saturated carbocycles. The van der Waals surface area contributed by atoms with Crippen LogP contribution in [0.1, 0.15) is 51.5 Å². The van der Waals surface area contributed by atoms with Crippen LogP contribution in [0.2, 0.25) is 0 Å². The van der Waals surface area contributed by atoms with Gasteiger partial charge in [-0.1, -0.05) is 84.9 Å². The fourth-order valence-corrected chi connectivity index (χ4v) is 7.05. The summed E-state index contributed by atoms with van der Waals surface area (Å²) in [6, 6.07) is 33.9. The standard InChI is InChI=1S/C35H28N2O4/c1-2-41-33(39)31-30-24-17-9-11-19-27(24)36-28(30)21-26(22-13-5-3-6-14-22)35(31)25-18-10-12-20-29(25)37(34(35)40)32(38)23-15-7-4-8-16-23/h3-20,26,31,36H,2,21H2,1H3/t26-,31-,35+/m0/s1. The van der Waals surface area contributed by atoms with Crippen LogP contribution >= 0.6 is 0 Å². The highest BCUT2D eigenvalue weighted by Crippen LogP contribution is 2.62. The second kappa shape index (κ2) is 9.59. The second-order valence-electron chi connectivity index (χ2n) is 10.6. The highest BCUT2D eigenvalue weighted by molar-refractivity contribution is 6.29. The van der Waals surface area contributed by atoms with Gasteiger partial charge in [0.25, 0.3) is 5.91 Å². The fourth-order valence-electron chi connectivity index (χ4n) is 7.05. The Balaban J connectivity index is 1.57. The lowest BCUT2D eigenvalue weighted by Crippen LogP contribution is -2.55. The number of carbonyl (C=O) groups is 3. The van der Waals surface area contributed by atoms with Gasteiger partial charge in [0.15, 0.2) is 0 Å². The maximum absolute atomic E-state index is 15.2. The number of imide groups is 1. The molecule has 2 aliphatic rings. The number of amides is 2. The van der Waals surface area contributed by atoms with E-state index in [-0.39, 0.29) is 6.61 Å². The lowest BCUT2D eigenvalue weighted by atomic mass is 9.54. The number of H-pyrrole nitrogens is 1. The lowest BCUT2D eigenvalue weighted by molar-refractivity contribution is -0.150. The molecule has 1 aliphatic carbocycles. The second-order valence-corrected chi connectivity index (χ2v) is 10.6. The third-order valence-electron chi connectivity index (χ3n) is 8.63. The Labute approximate surface area is 237 Å². The molecule has 0 unspecified atom stereocenters. The number of para-hydroxylation sites is 2. The van der Waals surface area contributed by atoms with Gasteiger partial charge in [-0.2, -0.15) is 0 Å². The summed E-state index contributed by atoms with van der Waals surface area (Å²) in [6.45, 7) is 1.94.